The van der Waals surface area contributed by atoms with Crippen LogP contribution in [0.4, 0.5) is 13.2 Å². The Morgan fingerprint density at radius 3 is 2.32 bits per heavy atom. The molecule has 6 nitrogen and oxygen atoms in total. The third-order valence-corrected chi connectivity index (χ3v) is 7.15. The van der Waals surface area contributed by atoms with Gasteiger partial charge in [-0.15, -0.1) is 11.8 Å². The molecule has 0 unspecified atom stereocenters. The first-order valence-corrected chi connectivity index (χ1v) is 13.1. The lowest BCUT2D eigenvalue weighted by atomic mass is 9.87. The molecule has 10 heteroatoms. The van der Waals surface area contributed by atoms with Crippen LogP contribution < -0.4 is 5.48 Å². The maximum Gasteiger partial charge on any atom is 0.416 e. The van der Waals surface area contributed by atoms with Crippen LogP contribution in [0, 0.1) is 0 Å². The fourth-order valence-corrected chi connectivity index (χ4v) is 4.84. The van der Waals surface area contributed by atoms with Crippen LogP contribution >= 0.6 is 11.8 Å². The van der Waals surface area contributed by atoms with Crippen molar-refractivity contribution >= 4 is 28.7 Å². The van der Waals surface area contributed by atoms with E-state index in [0.717, 1.165) is 22.6 Å². The minimum absolute atomic E-state index is 0.0485. The SMILES string of the molecule is CCONC(=O)c1ccc(SCc2ccc(C(C)(C)C)cc2)c(-c2nc3cc(C(F)(F)F)ccc3n2C)n1. The number of amides is 1. The minimum Gasteiger partial charge on any atom is -0.326 e. The monoisotopic (exact) mass is 542 g/mol. The van der Waals surface area contributed by atoms with Crippen LogP contribution in [0.2, 0.25) is 0 Å². The first kappa shape index (κ1) is 27.7. The number of alkyl halides is 3. The quantitative estimate of drug-likeness (QED) is 0.203. The lowest BCUT2D eigenvalue weighted by molar-refractivity contribution is -0.137. The summed E-state index contributed by atoms with van der Waals surface area (Å²) in [4.78, 5) is 27.4. The Labute approximate surface area is 223 Å². The largest absolute Gasteiger partial charge is 0.416 e. The Bertz CT molecular complexity index is 1460. The number of hydrogen-bond acceptors (Lipinski definition) is 5. The number of carbonyl (C=O) groups excluding carboxylic acids is 1. The van der Waals surface area contributed by atoms with Gasteiger partial charge in [-0.05, 0) is 53.8 Å². The summed E-state index contributed by atoms with van der Waals surface area (Å²) in [6.07, 6.45) is -4.48. The zero-order valence-corrected chi connectivity index (χ0v) is 22.6. The molecular weight excluding hydrogens is 513 g/mol. The summed E-state index contributed by atoms with van der Waals surface area (Å²) in [5, 5.41) is 0. The topological polar surface area (TPSA) is 69.0 Å². The van der Waals surface area contributed by atoms with Gasteiger partial charge in [0.15, 0.2) is 5.82 Å². The van der Waals surface area contributed by atoms with E-state index in [1.54, 1.807) is 30.7 Å². The summed E-state index contributed by atoms with van der Waals surface area (Å²) in [5.74, 6) is 0.461. The second-order valence-electron chi connectivity index (χ2n) is 9.84. The summed E-state index contributed by atoms with van der Waals surface area (Å²) in [6, 6.07) is 15.2. The number of aromatic nitrogens is 3. The number of halogens is 3. The summed E-state index contributed by atoms with van der Waals surface area (Å²) in [7, 11) is 1.71. The van der Waals surface area contributed by atoms with Gasteiger partial charge in [0.2, 0.25) is 0 Å². The molecule has 4 rings (SSSR count). The third kappa shape index (κ3) is 6.02. The fourth-order valence-electron chi connectivity index (χ4n) is 3.89. The van der Waals surface area contributed by atoms with Gasteiger partial charge in [0.1, 0.15) is 11.4 Å². The molecule has 2 aromatic heterocycles. The van der Waals surface area contributed by atoms with Gasteiger partial charge in [0.05, 0.1) is 23.2 Å². The van der Waals surface area contributed by atoms with E-state index in [9.17, 15) is 18.0 Å². The van der Waals surface area contributed by atoms with E-state index in [1.807, 2.05) is 0 Å². The van der Waals surface area contributed by atoms with Crippen LogP contribution in [-0.2, 0) is 29.2 Å². The van der Waals surface area contributed by atoms with Gasteiger partial charge in [-0.1, -0.05) is 45.0 Å². The highest BCUT2D eigenvalue weighted by Crippen LogP contribution is 2.36. The number of benzene rings is 2. The van der Waals surface area contributed by atoms with Crippen molar-refractivity contribution in [2.75, 3.05) is 6.61 Å². The molecule has 0 saturated heterocycles. The zero-order valence-electron chi connectivity index (χ0n) is 21.8. The fraction of sp³-hybridized carbons (Fsp3) is 0.321. The van der Waals surface area contributed by atoms with Gasteiger partial charge in [-0.3, -0.25) is 9.63 Å². The average molecular weight is 543 g/mol. The number of pyridine rings is 1. The normalized spacial score (nSPS) is 12.2. The number of aryl methyl sites for hydroxylation is 1. The van der Waals surface area contributed by atoms with E-state index in [0.29, 0.717) is 22.8 Å². The second kappa shape index (κ2) is 10.8. The number of fused-ring (bicyclic) bond motifs is 1. The van der Waals surface area contributed by atoms with E-state index in [1.165, 1.54) is 23.4 Å². The summed E-state index contributed by atoms with van der Waals surface area (Å²) >= 11 is 1.51. The van der Waals surface area contributed by atoms with Crippen LogP contribution in [0.15, 0.2) is 59.5 Å². The molecule has 0 radical (unpaired) electrons. The molecule has 1 amide bonds. The van der Waals surface area contributed by atoms with Crippen LogP contribution in [-0.4, -0.2) is 27.0 Å². The molecule has 200 valence electrons. The molecule has 2 heterocycles. The molecule has 0 spiro atoms. The van der Waals surface area contributed by atoms with Gasteiger partial charge in [-0.25, -0.2) is 15.4 Å². The first-order valence-electron chi connectivity index (χ1n) is 12.1. The van der Waals surface area contributed by atoms with Crippen molar-refractivity contribution in [3.63, 3.8) is 0 Å². The Morgan fingerprint density at radius 1 is 1.00 bits per heavy atom. The molecule has 0 atom stereocenters. The number of nitrogens with zero attached hydrogens (tertiary/aromatic N) is 3. The molecule has 0 aliphatic rings. The highest BCUT2D eigenvalue weighted by molar-refractivity contribution is 7.98. The minimum atomic E-state index is -4.48. The Balaban J connectivity index is 1.73. The first-order chi connectivity index (χ1) is 17.9. The molecule has 38 heavy (non-hydrogen) atoms. The maximum absolute atomic E-state index is 13.3. The molecule has 0 aliphatic heterocycles. The number of rotatable bonds is 7. The van der Waals surface area contributed by atoms with Crippen LogP contribution in [0.25, 0.3) is 22.6 Å². The predicted octanol–water partition coefficient (Wildman–Crippen LogP) is 6.93. The van der Waals surface area contributed by atoms with Crippen molar-refractivity contribution in [2.24, 2.45) is 7.05 Å². The molecule has 0 fully saturated rings. The number of imidazole rings is 1. The highest BCUT2D eigenvalue weighted by atomic mass is 32.2. The number of hydroxylamine groups is 1. The standard InChI is InChI=1S/C28H29F3N4O2S/c1-6-37-34-26(36)20-12-14-23(38-16-17-7-9-18(10-8-17)27(2,3)4)24(32-20)25-33-21-15-19(28(29,30)31)11-13-22(21)35(25)5/h7-15H,6,16H2,1-5H3,(H,34,36). The van der Waals surface area contributed by atoms with Crippen molar-refractivity contribution in [3.8, 4) is 11.5 Å². The van der Waals surface area contributed by atoms with E-state index < -0.39 is 17.6 Å². The Morgan fingerprint density at radius 2 is 1.68 bits per heavy atom. The molecule has 2 aromatic carbocycles. The van der Waals surface area contributed by atoms with Crippen molar-refractivity contribution in [1.82, 2.24) is 20.0 Å². The number of hydrogen-bond donors (Lipinski definition) is 1. The number of thioether (sulfide) groups is 1. The van der Waals surface area contributed by atoms with Crippen molar-refractivity contribution < 1.29 is 22.8 Å². The van der Waals surface area contributed by atoms with E-state index in [-0.39, 0.29) is 23.2 Å². The van der Waals surface area contributed by atoms with Crippen molar-refractivity contribution in [1.29, 1.82) is 0 Å². The predicted molar refractivity (Wildman–Crippen MR) is 143 cm³/mol. The van der Waals surface area contributed by atoms with Crippen LogP contribution in [0.3, 0.4) is 0 Å². The Hall–Kier alpha value is -3.37. The molecule has 0 bridgehead atoms. The zero-order chi connectivity index (χ0) is 27.7. The second-order valence-corrected chi connectivity index (χ2v) is 10.9. The summed E-state index contributed by atoms with van der Waals surface area (Å²) < 4.78 is 41.6. The molecule has 0 saturated carbocycles. The Kier molecular flexibility index (Phi) is 7.85. The van der Waals surface area contributed by atoms with Crippen molar-refractivity contribution in [3.05, 3.63) is 77.0 Å². The molecular formula is C28H29F3N4O2S. The van der Waals surface area contributed by atoms with Crippen molar-refractivity contribution in [2.45, 2.75) is 49.9 Å². The lowest BCUT2D eigenvalue weighted by Crippen LogP contribution is -2.24. The lowest BCUT2D eigenvalue weighted by Gasteiger charge is -2.19. The van der Waals surface area contributed by atoms with Gasteiger partial charge < -0.3 is 4.57 Å². The highest BCUT2D eigenvalue weighted by Gasteiger charge is 2.31. The number of carbonyl (C=O) groups is 1. The van der Waals surface area contributed by atoms with Crippen LogP contribution in [0.5, 0.6) is 0 Å². The van der Waals surface area contributed by atoms with Crippen LogP contribution in [0.1, 0.15) is 54.9 Å². The summed E-state index contributed by atoms with van der Waals surface area (Å²) in [5.41, 5.74) is 5.15. The third-order valence-electron chi connectivity index (χ3n) is 6.03. The van der Waals surface area contributed by atoms with E-state index in [2.05, 4.69) is 60.5 Å². The smallest absolute Gasteiger partial charge is 0.326 e. The van der Waals surface area contributed by atoms with Gasteiger partial charge >= 0.3 is 6.18 Å². The van der Waals surface area contributed by atoms with Gasteiger partial charge in [0.25, 0.3) is 5.91 Å². The van der Waals surface area contributed by atoms with Gasteiger partial charge in [0, 0.05) is 17.7 Å². The van der Waals surface area contributed by atoms with E-state index >= 15 is 0 Å². The molecule has 4 aromatic rings. The van der Waals surface area contributed by atoms with E-state index in [4.69, 9.17) is 4.84 Å². The number of nitrogens with one attached hydrogen (secondary N) is 1. The summed E-state index contributed by atoms with van der Waals surface area (Å²) in [6.45, 7) is 8.50. The molecule has 1 N–H and O–H groups in total. The average Bonchev–Trinajstić information content (AvgIpc) is 3.20. The maximum atomic E-state index is 13.3. The van der Waals surface area contributed by atoms with Gasteiger partial charge in [-0.2, -0.15) is 13.2 Å². The molecule has 0 aliphatic carbocycles.